The third kappa shape index (κ3) is 5.27. The minimum Gasteiger partial charge on any atom is -0.326 e. The fraction of sp³-hybridized carbons (Fsp3) is 0.409. The van der Waals surface area contributed by atoms with Crippen molar-refractivity contribution in [1.82, 2.24) is 4.31 Å². The van der Waals surface area contributed by atoms with Crippen LogP contribution in [0, 0.1) is 6.92 Å². The van der Waals surface area contributed by atoms with Crippen LogP contribution in [0.1, 0.15) is 42.9 Å². The average Bonchev–Trinajstić information content (AvgIpc) is 3.24. The Morgan fingerprint density at radius 2 is 1.79 bits per heavy atom. The molecule has 1 aliphatic heterocycles. The summed E-state index contributed by atoms with van der Waals surface area (Å²) in [6.07, 6.45) is 3.58. The van der Waals surface area contributed by atoms with E-state index in [0.29, 0.717) is 30.8 Å². The van der Waals surface area contributed by atoms with Gasteiger partial charge >= 0.3 is 0 Å². The predicted molar refractivity (Wildman–Crippen MR) is 120 cm³/mol. The Balaban J connectivity index is 1.61. The minimum absolute atomic E-state index is 0.0427. The molecule has 2 aromatic carbocycles. The van der Waals surface area contributed by atoms with Crippen molar-refractivity contribution >= 4 is 37.5 Å². The van der Waals surface area contributed by atoms with E-state index in [4.69, 9.17) is 0 Å². The van der Waals surface area contributed by atoms with Gasteiger partial charge in [-0.3, -0.25) is 4.79 Å². The number of anilines is 1. The number of aryl methyl sites for hydroxylation is 3. The number of benzene rings is 2. The lowest BCUT2D eigenvalue weighted by atomic mass is 10.1. The number of nitrogens with one attached hydrogen (secondary N) is 1. The number of hydrogen-bond acceptors (Lipinski definition) is 3. The summed E-state index contributed by atoms with van der Waals surface area (Å²) in [5.74, 6) is -0.0427. The van der Waals surface area contributed by atoms with Crippen molar-refractivity contribution in [2.24, 2.45) is 0 Å². The van der Waals surface area contributed by atoms with Gasteiger partial charge in [-0.1, -0.05) is 35.0 Å². The SMILES string of the molecule is CCc1cc(Br)cc(C)c1NC(=O)CCc1ccc(S(=O)(=O)N2CCCC2)cc1. The quantitative estimate of drug-likeness (QED) is 0.628. The van der Waals surface area contributed by atoms with E-state index in [2.05, 4.69) is 28.2 Å². The van der Waals surface area contributed by atoms with Crippen LogP contribution in [0.2, 0.25) is 0 Å². The van der Waals surface area contributed by atoms with Crippen LogP contribution in [0.4, 0.5) is 5.69 Å². The lowest BCUT2D eigenvalue weighted by Gasteiger charge is -2.16. The van der Waals surface area contributed by atoms with Gasteiger partial charge in [0.25, 0.3) is 0 Å². The van der Waals surface area contributed by atoms with Crippen LogP contribution in [-0.4, -0.2) is 31.7 Å². The van der Waals surface area contributed by atoms with Crippen LogP contribution in [0.3, 0.4) is 0 Å². The molecule has 1 fully saturated rings. The molecule has 0 bridgehead atoms. The summed E-state index contributed by atoms with van der Waals surface area (Å²) in [6.45, 7) is 5.24. The Morgan fingerprint density at radius 1 is 1.14 bits per heavy atom. The maximum Gasteiger partial charge on any atom is 0.243 e. The molecule has 1 amide bonds. The zero-order valence-electron chi connectivity index (χ0n) is 16.9. The van der Waals surface area contributed by atoms with Crippen molar-refractivity contribution in [2.45, 2.75) is 50.8 Å². The first-order chi connectivity index (χ1) is 13.8. The summed E-state index contributed by atoms with van der Waals surface area (Å²) in [4.78, 5) is 12.8. The number of amides is 1. The van der Waals surface area contributed by atoms with E-state index in [1.807, 2.05) is 19.1 Å². The predicted octanol–water partition coefficient (Wildman–Crippen LogP) is 4.68. The summed E-state index contributed by atoms with van der Waals surface area (Å²) < 4.78 is 27.7. The van der Waals surface area contributed by atoms with Crippen molar-refractivity contribution in [3.8, 4) is 0 Å². The number of sulfonamides is 1. The summed E-state index contributed by atoms with van der Waals surface area (Å²) in [5.41, 5.74) is 3.96. The fourth-order valence-electron chi connectivity index (χ4n) is 3.64. The zero-order valence-corrected chi connectivity index (χ0v) is 19.3. The molecule has 1 aliphatic rings. The van der Waals surface area contributed by atoms with Gasteiger partial charge in [-0.15, -0.1) is 0 Å². The van der Waals surface area contributed by atoms with Gasteiger partial charge in [0.2, 0.25) is 15.9 Å². The third-order valence-corrected chi connectivity index (χ3v) is 7.66. The van der Waals surface area contributed by atoms with E-state index in [0.717, 1.165) is 46.1 Å². The second-order valence-electron chi connectivity index (χ2n) is 7.41. The Morgan fingerprint density at radius 3 is 2.41 bits per heavy atom. The monoisotopic (exact) mass is 478 g/mol. The molecule has 7 heteroatoms. The molecule has 156 valence electrons. The van der Waals surface area contributed by atoms with Crippen LogP contribution < -0.4 is 5.32 Å². The van der Waals surface area contributed by atoms with Gasteiger partial charge in [0.15, 0.2) is 0 Å². The first-order valence-corrected chi connectivity index (χ1v) is 12.2. The highest BCUT2D eigenvalue weighted by Gasteiger charge is 2.26. The molecule has 2 aromatic rings. The molecule has 1 saturated heterocycles. The minimum atomic E-state index is -3.39. The van der Waals surface area contributed by atoms with Crippen LogP contribution in [0.5, 0.6) is 0 Å². The summed E-state index contributed by atoms with van der Waals surface area (Å²) in [5, 5.41) is 3.04. The van der Waals surface area contributed by atoms with Crippen molar-refractivity contribution in [3.63, 3.8) is 0 Å². The lowest BCUT2D eigenvalue weighted by Crippen LogP contribution is -2.27. The van der Waals surface area contributed by atoms with E-state index >= 15 is 0 Å². The van der Waals surface area contributed by atoms with Crippen molar-refractivity contribution in [1.29, 1.82) is 0 Å². The first kappa shape index (κ1) is 22.0. The smallest absolute Gasteiger partial charge is 0.243 e. The van der Waals surface area contributed by atoms with E-state index in [-0.39, 0.29) is 5.91 Å². The first-order valence-electron chi connectivity index (χ1n) is 9.99. The standard InChI is InChI=1S/C22H27BrN2O3S/c1-3-18-15-19(23)14-16(2)22(18)24-21(26)11-8-17-6-9-20(10-7-17)29(27,28)25-12-4-5-13-25/h6-7,9-10,14-15H,3-5,8,11-13H2,1-2H3,(H,24,26). The molecule has 0 aromatic heterocycles. The molecule has 0 saturated carbocycles. The maximum atomic E-state index is 12.6. The van der Waals surface area contributed by atoms with E-state index in [9.17, 15) is 13.2 Å². The van der Waals surface area contributed by atoms with Gasteiger partial charge in [0.1, 0.15) is 0 Å². The highest BCUT2D eigenvalue weighted by Crippen LogP contribution is 2.27. The van der Waals surface area contributed by atoms with Gasteiger partial charge in [-0.2, -0.15) is 4.31 Å². The summed E-state index contributed by atoms with van der Waals surface area (Å²) in [7, 11) is -3.39. The number of halogens is 1. The Kier molecular flexibility index (Phi) is 7.14. The number of carbonyl (C=O) groups is 1. The molecule has 0 atom stereocenters. The molecular formula is C22H27BrN2O3S. The number of carbonyl (C=O) groups excluding carboxylic acids is 1. The third-order valence-electron chi connectivity index (χ3n) is 5.29. The van der Waals surface area contributed by atoms with Gasteiger partial charge in [-0.05, 0) is 73.6 Å². The highest BCUT2D eigenvalue weighted by molar-refractivity contribution is 9.10. The van der Waals surface area contributed by atoms with Crippen LogP contribution in [0.15, 0.2) is 45.8 Å². The molecule has 29 heavy (non-hydrogen) atoms. The molecule has 0 spiro atoms. The van der Waals surface area contributed by atoms with Crippen LogP contribution in [-0.2, 0) is 27.7 Å². The van der Waals surface area contributed by atoms with E-state index in [1.165, 1.54) is 0 Å². The van der Waals surface area contributed by atoms with Gasteiger partial charge in [0, 0.05) is 29.7 Å². The molecule has 0 aliphatic carbocycles. The van der Waals surface area contributed by atoms with E-state index < -0.39 is 10.0 Å². The van der Waals surface area contributed by atoms with Crippen molar-refractivity contribution in [2.75, 3.05) is 18.4 Å². The normalized spacial score (nSPS) is 14.9. The van der Waals surface area contributed by atoms with Gasteiger partial charge in [0.05, 0.1) is 4.90 Å². The fourth-order valence-corrected chi connectivity index (χ4v) is 5.77. The number of nitrogens with zero attached hydrogens (tertiary/aromatic N) is 1. The topological polar surface area (TPSA) is 66.5 Å². The molecule has 0 unspecified atom stereocenters. The second kappa shape index (κ2) is 9.41. The molecule has 5 nitrogen and oxygen atoms in total. The molecule has 1 heterocycles. The molecular weight excluding hydrogens is 452 g/mol. The Hall–Kier alpha value is -1.70. The number of rotatable bonds is 7. The molecule has 0 radical (unpaired) electrons. The zero-order chi connectivity index (χ0) is 21.0. The average molecular weight is 479 g/mol. The second-order valence-corrected chi connectivity index (χ2v) is 10.3. The summed E-state index contributed by atoms with van der Waals surface area (Å²) in [6, 6.07) is 10.9. The Bertz CT molecular complexity index is 982. The number of hydrogen-bond donors (Lipinski definition) is 1. The maximum absolute atomic E-state index is 12.6. The van der Waals surface area contributed by atoms with Crippen LogP contribution in [0.25, 0.3) is 0 Å². The van der Waals surface area contributed by atoms with Gasteiger partial charge in [-0.25, -0.2) is 8.42 Å². The van der Waals surface area contributed by atoms with Crippen LogP contribution >= 0.6 is 15.9 Å². The van der Waals surface area contributed by atoms with Crippen molar-refractivity contribution in [3.05, 3.63) is 57.6 Å². The van der Waals surface area contributed by atoms with E-state index in [1.54, 1.807) is 28.6 Å². The lowest BCUT2D eigenvalue weighted by molar-refractivity contribution is -0.116. The summed E-state index contributed by atoms with van der Waals surface area (Å²) >= 11 is 3.50. The van der Waals surface area contributed by atoms with Gasteiger partial charge < -0.3 is 5.32 Å². The van der Waals surface area contributed by atoms with Crippen molar-refractivity contribution < 1.29 is 13.2 Å². The molecule has 3 rings (SSSR count). The Labute approximate surface area is 181 Å². The highest BCUT2D eigenvalue weighted by atomic mass is 79.9. The molecule has 1 N–H and O–H groups in total. The largest absolute Gasteiger partial charge is 0.326 e.